The summed E-state index contributed by atoms with van der Waals surface area (Å²) in [5, 5.41) is -0.288. The summed E-state index contributed by atoms with van der Waals surface area (Å²) in [6, 6.07) is 2.45. The second kappa shape index (κ2) is 4.23. The van der Waals surface area contributed by atoms with E-state index in [2.05, 4.69) is 21.3 Å². The van der Waals surface area contributed by atoms with E-state index in [9.17, 15) is 13.2 Å². The minimum absolute atomic E-state index is 0.288. The SMILES string of the molecule is FC(Cl)C(F)(F)Oc1cccnc1Cl. The third-order valence-corrected chi connectivity index (χ3v) is 1.76. The first-order valence-electron chi connectivity index (χ1n) is 3.39. The fourth-order valence-corrected chi connectivity index (χ4v) is 0.841. The lowest BCUT2D eigenvalue weighted by Gasteiger charge is -2.17. The molecule has 0 aliphatic rings. The topological polar surface area (TPSA) is 22.1 Å². The molecule has 0 aromatic carbocycles. The molecule has 7 heteroatoms. The molecule has 1 rings (SSSR count). The van der Waals surface area contributed by atoms with Crippen LogP contribution in [0, 0.1) is 0 Å². The minimum atomic E-state index is -4.13. The predicted molar refractivity (Wildman–Crippen MR) is 45.6 cm³/mol. The van der Waals surface area contributed by atoms with Crippen molar-refractivity contribution in [3.05, 3.63) is 23.5 Å². The van der Waals surface area contributed by atoms with Gasteiger partial charge < -0.3 is 4.74 Å². The summed E-state index contributed by atoms with van der Waals surface area (Å²) >= 11 is 9.97. The standard InChI is InChI=1S/C7H4Cl2F3NO/c8-5-4(2-1-3-13-5)14-7(11,12)6(9)10/h1-3,6H. The molecule has 0 fully saturated rings. The predicted octanol–water partition coefficient (Wildman–Crippen LogP) is 3.24. The van der Waals surface area contributed by atoms with Crippen molar-refractivity contribution in [2.75, 3.05) is 0 Å². The van der Waals surface area contributed by atoms with Gasteiger partial charge in [-0.15, -0.1) is 0 Å². The maximum absolute atomic E-state index is 12.6. The molecule has 1 atom stereocenters. The highest BCUT2D eigenvalue weighted by Crippen LogP contribution is 2.31. The van der Waals surface area contributed by atoms with Gasteiger partial charge in [0.1, 0.15) is 0 Å². The summed E-state index contributed by atoms with van der Waals surface area (Å²) in [4.78, 5) is 3.46. The van der Waals surface area contributed by atoms with Crippen molar-refractivity contribution in [2.24, 2.45) is 0 Å². The van der Waals surface area contributed by atoms with Crippen molar-refractivity contribution >= 4 is 23.2 Å². The molecular formula is C7H4Cl2F3NO. The van der Waals surface area contributed by atoms with Gasteiger partial charge in [0.25, 0.3) is 5.63 Å². The van der Waals surface area contributed by atoms with Crippen molar-refractivity contribution in [1.82, 2.24) is 4.98 Å². The number of hydrogen-bond acceptors (Lipinski definition) is 2. The summed E-state index contributed by atoms with van der Waals surface area (Å²) in [6.45, 7) is 0. The number of aromatic nitrogens is 1. The van der Waals surface area contributed by atoms with Crippen LogP contribution in [0.4, 0.5) is 13.2 Å². The van der Waals surface area contributed by atoms with E-state index in [0.717, 1.165) is 6.07 Å². The Morgan fingerprint density at radius 1 is 1.50 bits per heavy atom. The van der Waals surface area contributed by atoms with Crippen LogP contribution in [-0.2, 0) is 0 Å². The largest absolute Gasteiger partial charge is 0.444 e. The lowest BCUT2D eigenvalue weighted by Crippen LogP contribution is -2.32. The summed E-state index contributed by atoms with van der Waals surface area (Å²) in [5.74, 6) is -0.428. The molecule has 0 spiro atoms. The highest BCUT2D eigenvalue weighted by atomic mass is 35.5. The molecule has 0 saturated carbocycles. The number of rotatable bonds is 3. The molecule has 0 radical (unpaired) electrons. The Kier molecular flexibility index (Phi) is 3.44. The summed E-state index contributed by atoms with van der Waals surface area (Å²) in [5.41, 5.74) is -2.95. The normalized spacial score (nSPS) is 13.8. The second-order valence-electron chi connectivity index (χ2n) is 2.26. The van der Waals surface area contributed by atoms with Gasteiger partial charge in [-0.05, 0) is 12.1 Å². The van der Waals surface area contributed by atoms with Crippen molar-refractivity contribution in [3.8, 4) is 5.75 Å². The number of hydrogen-bond donors (Lipinski definition) is 0. The first-order chi connectivity index (χ1) is 6.43. The van der Waals surface area contributed by atoms with E-state index in [-0.39, 0.29) is 5.15 Å². The molecular weight excluding hydrogens is 242 g/mol. The molecule has 0 N–H and O–H groups in total. The highest BCUT2D eigenvalue weighted by Gasteiger charge is 2.42. The van der Waals surface area contributed by atoms with Crippen LogP contribution in [0.5, 0.6) is 5.75 Å². The monoisotopic (exact) mass is 245 g/mol. The van der Waals surface area contributed by atoms with Gasteiger partial charge >= 0.3 is 6.11 Å². The smallest absolute Gasteiger partial charge is 0.426 e. The van der Waals surface area contributed by atoms with Crippen molar-refractivity contribution < 1.29 is 17.9 Å². The van der Waals surface area contributed by atoms with Gasteiger partial charge in [0.05, 0.1) is 0 Å². The minimum Gasteiger partial charge on any atom is -0.426 e. The lowest BCUT2D eigenvalue weighted by atomic mass is 10.4. The summed E-state index contributed by atoms with van der Waals surface area (Å²) in [7, 11) is 0. The van der Waals surface area contributed by atoms with Crippen LogP contribution in [0.2, 0.25) is 5.15 Å². The Bertz CT molecular complexity index is 322. The van der Waals surface area contributed by atoms with Crippen molar-refractivity contribution in [3.63, 3.8) is 0 Å². The van der Waals surface area contributed by atoms with Crippen LogP contribution < -0.4 is 4.74 Å². The number of nitrogens with zero attached hydrogens (tertiary/aromatic N) is 1. The van der Waals surface area contributed by atoms with Crippen molar-refractivity contribution in [1.29, 1.82) is 0 Å². The zero-order chi connectivity index (χ0) is 10.8. The molecule has 1 aromatic heterocycles. The molecule has 2 nitrogen and oxygen atoms in total. The van der Waals surface area contributed by atoms with E-state index >= 15 is 0 Å². The van der Waals surface area contributed by atoms with Gasteiger partial charge in [-0.1, -0.05) is 23.2 Å². The third kappa shape index (κ3) is 2.65. The Morgan fingerprint density at radius 3 is 2.64 bits per heavy atom. The fraction of sp³-hybridized carbons (Fsp3) is 0.286. The zero-order valence-electron chi connectivity index (χ0n) is 6.55. The molecule has 0 amide bonds. The van der Waals surface area contributed by atoms with E-state index in [1.165, 1.54) is 12.3 Å². The van der Waals surface area contributed by atoms with E-state index in [0.29, 0.717) is 0 Å². The van der Waals surface area contributed by atoms with Crippen LogP contribution in [0.25, 0.3) is 0 Å². The average Bonchev–Trinajstić information content (AvgIpc) is 2.08. The first kappa shape index (κ1) is 11.4. The molecule has 0 saturated heterocycles. The Balaban J connectivity index is 2.84. The van der Waals surface area contributed by atoms with Gasteiger partial charge in [0, 0.05) is 6.20 Å². The maximum Gasteiger partial charge on any atom is 0.444 e. The van der Waals surface area contributed by atoms with Crippen molar-refractivity contribution in [2.45, 2.75) is 11.7 Å². The Morgan fingerprint density at radius 2 is 2.14 bits per heavy atom. The average molecular weight is 246 g/mol. The molecule has 0 aliphatic carbocycles. The quantitative estimate of drug-likeness (QED) is 0.603. The number of ether oxygens (including phenoxy) is 1. The van der Waals surface area contributed by atoms with Gasteiger partial charge in [0.2, 0.25) is 0 Å². The van der Waals surface area contributed by atoms with Crippen LogP contribution in [0.3, 0.4) is 0 Å². The molecule has 14 heavy (non-hydrogen) atoms. The summed E-state index contributed by atoms with van der Waals surface area (Å²) in [6.07, 6.45) is -2.85. The van der Waals surface area contributed by atoms with Gasteiger partial charge in [-0.3, -0.25) is 0 Å². The molecule has 0 aliphatic heterocycles. The fourth-order valence-electron chi connectivity index (χ4n) is 0.639. The maximum atomic E-state index is 12.6. The van der Waals surface area contributed by atoms with E-state index in [1.54, 1.807) is 0 Å². The molecule has 1 aromatic rings. The Hall–Kier alpha value is -0.680. The van der Waals surface area contributed by atoms with Crippen LogP contribution in [0.15, 0.2) is 18.3 Å². The summed E-state index contributed by atoms with van der Waals surface area (Å²) < 4.78 is 41.3. The van der Waals surface area contributed by atoms with Crippen LogP contribution in [0.1, 0.15) is 0 Å². The van der Waals surface area contributed by atoms with E-state index in [1.807, 2.05) is 0 Å². The van der Waals surface area contributed by atoms with E-state index < -0.39 is 17.5 Å². The molecule has 1 unspecified atom stereocenters. The Labute approximate surface area is 87.6 Å². The van der Waals surface area contributed by atoms with Crippen LogP contribution in [-0.4, -0.2) is 16.7 Å². The van der Waals surface area contributed by atoms with Crippen LogP contribution >= 0.6 is 23.2 Å². The van der Waals surface area contributed by atoms with Gasteiger partial charge in [0.15, 0.2) is 10.9 Å². The van der Waals surface area contributed by atoms with E-state index in [4.69, 9.17) is 11.6 Å². The second-order valence-corrected chi connectivity index (χ2v) is 3.00. The molecule has 78 valence electrons. The number of alkyl halides is 4. The number of halogens is 5. The number of pyridine rings is 1. The third-order valence-electron chi connectivity index (χ3n) is 1.22. The highest BCUT2D eigenvalue weighted by molar-refractivity contribution is 6.30. The molecule has 1 heterocycles. The zero-order valence-corrected chi connectivity index (χ0v) is 8.07. The molecule has 0 bridgehead atoms. The first-order valence-corrected chi connectivity index (χ1v) is 4.20. The van der Waals surface area contributed by atoms with Gasteiger partial charge in [-0.25, -0.2) is 9.37 Å². The van der Waals surface area contributed by atoms with Gasteiger partial charge in [-0.2, -0.15) is 8.78 Å². The lowest BCUT2D eigenvalue weighted by molar-refractivity contribution is -0.199.